The zero-order chi connectivity index (χ0) is 6.97. The molecule has 0 aromatic heterocycles. The molecule has 0 aromatic carbocycles. The Morgan fingerprint density at radius 3 is 2.10 bits per heavy atom. The van der Waals surface area contributed by atoms with E-state index in [1.54, 1.807) is 0 Å². The van der Waals surface area contributed by atoms with Gasteiger partial charge in [-0.1, -0.05) is 12.8 Å². The summed E-state index contributed by atoms with van der Waals surface area (Å²) in [5.74, 6) is 0. The molecular weight excluding hydrogens is 126 g/mol. The van der Waals surface area contributed by atoms with E-state index in [2.05, 4.69) is 10.9 Å². The summed E-state index contributed by atoms with van der Waals surface area (Å²) in [4.78, 5) is 0. The highest BCUT2D eigenvalue weighted by Crippen LogP contribution is 2.21. The van der Waals surface area contributed by atoms with Crippen LogP contribution in [-0.4, -0.2) is 24.2 Å². The van der Waals surface area contributed by atoms with Crippen LogP contribution in [0.5, 0.6) is 0 Å². The fourth-order valence-corrected chi connectivity index (χ4v) is 1.97. The first-order valence-electron chi connectivity index (χ1n) is 4.12. The predicted molar refractivity (Wildman–Crippen MR) is 40.1 cm³/mol. The molecule has 0 radical (unpaired) electrons. The first kappa shape index (κ1) is 6.58. The van der Waals surface area contributed by atoms with Gasteiger partial charge < -0.3 is 0 Å². The van der Waals surface area contributed by atoms with Crippen LogP contribution in [0.4, 0.5) is 0 Å². The van der Waals surface area contributed by atoms with Gasteiger partial charge >= 0.3 is 0 Å². The minimum atomic E-state index is 0.707. The standard InChI is InChI=1S/C7H15N3/c1-10-8-6-4-2-3-5-7(6)9-10/h6-9H,2-5H2,1H3. The molecule has 3 heteroatoms. The fraction of sp³-hybridized carbons (Fsp3) is 1.00. The summed E-state index contributed by atoms with van der Waals surface area (Å²) < 4.78 is 0. The van der Waals surface area contributed by atoms with Crippen molar-refractivity contribution >= 4 is 0 Å². The van der Waals surface area contributed by atoms with Crippen LogP contribution >= 0.6 is 0 Å². The number of nitrogens with one attached hydrogen (secondary N) is 2. The maximum Gasteiger partial charge on any atom is 0.0396 e. The SMILES string of the molecule is CN1NC2CCCCC2N1. The maximum absolute atomic E-state index is 3.38. The first-order valence-corrected chi connectivity index (χ1v) is 4.12. The van der Waals surface area contributed by atoms with E-state index in [0.717, 1.165) is 0 Å². The molecule has 2 atom stereocenters. The molecule has 1 saturated heterocycles. The van der Waals surface area contributed by atoms with E-state index in [1.165, 1.54) is 25.7 Å². The van der Waals surface area contributed by atoms with Crippen LogP contribution in [0.2, 0.25) is 0 Å². The Kier molecular flexibility index (Phi) is 1.64. The van der Waals surface area contributed by atoms with E-state index in [0.29, 0.717) is 12.1 Å². The number of nitrogens with zero attached hydrogens (tertiary/aromatic N) is 1. The molecule has 10 heavy (non-hydrogen) atoms. The van der Waals surface area contributed by atoms with Crippen molar-refractivity contribution in [1.29, 1.82) is 0 Å². The minimum absolute atomic E-state index is 0.707. The molecular formula is C7H15N3. The quantitative estimate of drug-likeness (QED) is 0.506. The van der Waals surface area contributed by atoms with E-state index in [4.69, 9.17) is 0 Å². The second kappa shape index (κ2) is 2.49. The van der Waals surface area contributed by atoms with Crippen molar-refractivity contribution in [3.8, 4) is 0 Å². The van der Waals surface area contributed by atoms with Crippen LogP contribution in [0.15, 0.2) is 0 Å². The summed E-state index contributed by atoms with van der Waals surface area (Å²) in [7, 11) is 2.04. The Morgan fingerprint density at radius 2 is 1.60 bits per heavy atom. The van der Waals surface area contributed by atoms with E-state index >= 15 is 0 Å². The molecule has 0 aromatic rings. The van der Waals surface area contributed by atoms with Crippen LogP contribution in [-0.2, 0) is 0 Å². The normalized spacial score (nSPS) is 41.7. The third-order valence-corrected chi connectivity index (χ3v) is 2.48. The van der Waals surface area contributed by atoms with Crippen molar-refractivity contribution < 1.29 is 0 Å². The average Bonchev–Trinajstić information content (AvgIpc) is 2.27. The second-order valence-corrected chi connectivity index (χ2v) is 3.31. The molecule has 2 aliphatic rings. The Hall–Kier alpha value is -0.120. The van der Waals surface area contributed by atoms with E-state index < -0.39 is 0 Å². The van der Waals surface area contributed by atoms with Gasteiger partial charge in [-0.3, -0.25) is 0 Å². The van der Waals surface area contributed by atoms with Crippen LogP contribution in [0.25, 0.3) is 0 Å². The van der Waals surface area contributed by atoms with E-state index in [1.807, 2.05) is 12.2 Å². The largest absolute Gasteiger partial charge is 0.237 e. The Bertz CT molecular complexity index is 112. The average molecular weight is 141 g/mol. The summed E-state index contributed by atoms with van der Waals surface area (Å²) in [6.45, 7) is 0. The van der Waals surface area contributed by atoms with Crippen LogP contribution in [0.3, 0.4) is 0 Å². The summed E-state index contributed by atoms with van der Waals surface area (Å²) in [6, 6.07) is 1.41. The topological polar surface area (TPSA) is 27.3 Å². The van der Waals surface area contributed by atoms with Gasteiger partial charge in [0.25, 0.3) is 0 Å². The van der Waals surface area contributed by atoms with Crippen molar-refractivity contribution in [3.05, 3.63) is 0 Å². The van der Waals surface area contributed by atoms with Gasteiger partial charge in [-0.2, -0.15) is 5.12 Å². The molecule has 0 bridgehead atoms. The zero-order valence-corrected chi connectivity index (χ0v) is 6.43. The maximum atomic E-state index is 3.38. The summed E-state index contributed by atoms with van der Waals surface area (Å²) in [6.07, 6.45) is 5.46. The minimum Gasteiger partial charge on any atom is -0.237 e. The summed E-state index contributed by atoms with van der Waals surface area (Å²) in [5, 5.41) is 2.00. The van der Waals surface area contributed by atoms with Gasteiger partial charge in [-0.05, 0) is 12.8 Å². The molecule has 1 aliphatic carbocycles. The lowest BCUT2D eigenvalue weighted by Gasteiger charge is -2.22. The lowest BCUT2D eigenvalue weighted by molar-refractivity contribution is 0.216. The van der Waals surface area contributed by atoms with Gasteiger partial charge in [-0.15, -0.1) is 0 Å². The van der Waals surface area contributed by atoms with Crippen molar-refractivity contribution in [2.45, 2.75) is 37.8 Å². The lowest BCUT2D eigenvalue weighted by Crippen LogP contribution is -2.36. The van der Waals surface area contributed by atoms with E-state index in [-0.39, 0.29) is 0 Å². The molecule has 2 rings (SSSR count). The second-order valence-electron chi connectivity index (χ2n) is 3.31. The van der Waals surface area contributed by atoms with Gasteiger partial charge in [0, 0.05) is 19.1 Å². The number of rotatable bonds is 0. The van der Waals surface area contributed by atoms with Gasteiger partial charge in [-0.25, -0.2) is 10.9 Å². The highest BCUT2D eigenvalue weighted by atomic mass is 15.8. The zero-order valence-electron chi connectivity index (χ0n) is 6.43. The Labute approximate surface area is 61.7 Å². The van der Waals surface area contributed by atoms with Crippen molar-refractivity contribution in [2.24, 2.45) is 0 Å². The third-order valence-electron chi connectivity index (χ3n) is 2.48. The van der Waals surface area contributed by atoms with Crippen LogP contribution in [0.1, 0.15) is 25.7 Å². The van der Waals surface area contributed by atoms with Crippen molar-refractivity contribution in [3.63, 3.8) is 0 Å². The molecule has 0 spiro atoms. The van der Waals surface area contributed by atoms with Crippen molar-refractivity contribution in [1.82, 2.24) is 16.0 Å². The highest BCUT2D eigenvalue weighted by Gasteiger charge is 2.31. The van der Waals surface area contributed by atoms with E-state index in [9.17, 15) is 0 Å². The number of hydrogen-bond acceptors (Lipinski definition) is 3. The Balaban J connectivity index is 1.97. The molecule has 2 fully saturated rings. The van der Waals surface area contributed by atoms with Gasteiger partial charge in [0.2, 0.25) is 0 Å². The number of fused-ring (bicyclic) bond motifs is 1. The lowest BCUT2D eigenvalue weighted by atomic mass is 9.92. The monoisotopic (exact) mass is 141 g/mol. The molecule has 58 valence electrons. The number of hydrogen-bond donors (Lipinski definition) is 2. The van der Waals surface area contributed by atoms with Crippen LogP contribution in [0, 0.1) is 0 Å². The molecule has 1 heterocycles. The third kappa shape index (κ3) is 1.05. The summed E-state index contributed by atoms with van der Waals surface area (Å²) >= 11 is 0. The fourth-order valence-electron chi connectivity index (χ4n) is 1.97. The highest BCUT2D eigenvalue weighted by molar-refractivity contribution is 4.87. The number of hydrazine groups is 2. The molecule has 1 aliphatic heterocycles. The van der Waals surface area contributed by atoms with Gasteiger partial charge in [0.15, 0.2) is 0 Å². The Morgan fingerprint density at radius 1 is 1.10 bits per heavy atom. The van der Waals surface area contributed by atoms with Crippen molar-refractivity contribution in [2.75, 3.05) is 7.05 Å². The molecule has 3 nitrogen and oxygen atoms in total. The predicted octanol–water partition coefficient (Wildman–Crippen LogP) is 0.252. The first-order chi connectivity index (χ1) is 4.86. The molecule has 1 saturated carbocycles. The van der Waals surface area contributed by atoms with Crippen LogP contribution < -0.4 is 10.9 Å². The molecule has 0 amide bonds. The molecule has 2 N–H and O–H groups in total. The van der Waals surface area contributed by atoms with Gasteiger partial charge in [0.05, 0.1) is 0 Å². The molecule has 2 unspecified atom stereocenters. The smallest absolute Gasteiger partial charge is 0.0396 e. The summed E-state index contributed by atoms with van der Waals surface area (Å²) in [5.41, 5.74) is 6.76. The van der Waals surface area contributed by atoms with Gasteiger partial charge in [0.1, 0.15) is 0 Å².